The molecular formula is C27H39N5O6. The Morgan fingerprint density at radius 3 is 2.50 bits per heavy atom. The second-order valence-electron chi connectivity index (χ2n) is 10.0. The summed E-state index contributed by atoms with van der Waals surface area (Å²) in [5.41, 5.74) is 5.94. The lowest BCUT2D eigenvalue weighted by atomic mass is 10.1. The van der Waals surface area contributed by atoms with E-state index in [1.807, 2.05) is 39.0 Å². The lowest BCUT2D eigenvalue weighted by Gasteiger charge is -2.28. The van der Waals surface area contributed by atoms with E-state index in [1.165, 1.54) is 9.47 Å². The molecule has 0 spiro atoms. The largest absolute Gasteiger partial charge is 0.493 e. The number of nitrogens with one attached hydrogen (secondary N) is 1. The van der Waals surface area contributed by atoms with E-state index < -0.39 is 17.2 Å². The monoisotopic (exact) mass is 529 g/mol. The molecule has 3 N–H and O–H groups in total. The van der Waals surface area contributed by atoms with Crippen molar-refractivity contribution in [3.63, 3.8) is 0 Å². The molecular weight excluding hydrogens is 490 g/mol. The molecule has 0 aliphatic carbocycles. The van der Waals surface area contributed by atoms with Crippen molar-refractivity contribution in [3.05, 3.63) is 44.6 Å². The average molecular weight is 530 g/mol. The molecule has 1 fully saturated rings. The van der Waals surface area contributed by atoms with Crippen LogP contribution in [0.4, 0.5) is 11.5 Å². The quantitative estimate of drug-likeness (QED) is 0.429. The Kier molecular flexibility index (Phi) is 9.60. The molecule has 0 radical (unpaired) electrons. The highest BCUT2D eigenvalue weighted by Gasteiger charge is 2.38. The first-order valence-corrected chi connectivity index (χ1v) is 13.0. The maximum absolute atomic E-state index is 13.7. The zero-order valence-corrected chi connectivity index (χ0v) is 22.9. The third kappa shape index (κ3) is 6.38. The molecule has 208 valence electrons. The topological polar surface area (TPSA) is 140 Å². The average Bonchev–Trinajstić information content (AvgIpc) is 3.25. The highest BCUT2D eigenvalue weighted by atomic mass is 16.5. The van der Waals surface area contributed by atoms with Gasteiger partial charge in [-0.25, -0.2) is 4.79 Å². The van der Waals surface area contributed by atoms with E-state index in [1.54, 1.807) is 19.1 Å². The number of aromatic amines is 1. The predicted molar refractivity (Wildman–Crippen MR) is 146 cm³/mol. The molecule has 2 amide bonds. The number of nitrogen functional groups attached to an aromatic ring is 1. The Hall–Kier alpha value is -3.76. The van der Waals surface area contributed by atoms with E-state index in [2.05, 4.69) is 4.98 Å². The number of H-pyrrole nitrogens is 1. The molecule has 1 aromatic carbocycles. The van der Waals surface area contributed by atoms with Gasteiger partial charge in [-0.2, -0.15) is 0 Å². The number of hydrogen-bond acceptors (Lipinski definition) is 7. The Morgan fingerprint density at radius 2 is 1.87 bits per heavy atom. The highest BCUT2D eigenvalue weighted by molar-refractivity contribution is 6.00. The van der Waals surface area contributed by atoms with Crippen molar-refractivity contribution in [1.29, 1.82) is 0 Å². The van der Waals surface area contributed by atoms with Gasteiger partial charge in [-0.1, -0.05) is 33.3 Å². The molecule has 3 rings (SSSR count). The molecule has 1 aliphatic rings. The first-order chi connectivity index (χ1) is 18.1. The molecule has 38 heavy (non-hydrogen) atoms. The fraction of sp³-hybridized carbons (Fsp3) is 0.556. The predicted octanol–water partition coefficient (Wildman–Crippen LogP) is 2.02. The second kappa shape index (κ2) is 12.7. The van der Waals surface area contributed by atoms with Gasteiger partial charge < -0.3 is 25.0 Å². The van der Waals surface area contributed by atoms with Gasteiger partial charge in [0.15, 0.2) is 17.2 Å². The number of amides is 2. The number of methoxy groups -OCH3 is 2. The number of benzene rings is 1. The summed E-state index contributed by atoms with van der Waals surface area (Å²) in [5.74, 6) is 0.129. The normalized spacial score (nSPS) is 15.3. The SMILES string of the molecule is CCCCn1c(N)c(N(CC(C)C)C(=O)[C@H]2CC(=O)N(CCc3ccc(OC)c(OC)c3)C2)c(=O)[nH]c1=O. The van der Waals surface area contributed by atoms with Crippen LogP contribution in [0.25, 0.3) is 0 Å². The van der Waals surface area contributed by atoms with Crippen molar-refractivity contribution >= 4 is 23.3 Å². The fourth-order valence-corrected chi connectivity index (χ4v) is 4.71. The van der Waals surface area contributed by atoms with E-state index >= 15 is 0 Å². The fourth-order valence-electron chi connectivity index (χ4n) is 4.71. The summed E-state index contributed by atoms with van der Waals surface area (Å²) in [4.78, 5) is 57.2. The van der Waals surface area contributed by atoms with E-state index in [-0.39, 0.29) is 48.7 Å². The van der Waals surface area contributed by atoms with Crippen LogP contribution in [0.2, 0.25) is 0 Å². The number of nitrogens with zero attached hydrogens (tertiary/aromatic N) is 3. The van der Waals surface area contributed by atoms with Crippen LogP contribution in [0.1, 0.15) is 45.6 Å². The smallest absolute Gasteiger partial charge is 0.330 e. The molecule has 0 saturated carbocycles. The van der Waals surface area contributed by atoms with Gasteiger partial charge in [0, 0.05) is 32.6 Å². The van der Waals surface area contributed by atoms with Crippen LogP contribution in [0.3, 0.4) is 0 Å². The minimum Gasteiger partial charge on any atom is -0.493 e. The molecule has 0 unspecified atom stereocenters. The molecule has 1 aliphatic heterocycles. The maximum atomic E-state index is 13.7. The number of hydrogen-bond donors (Lipinski definition) is 2. The summed E-state index contributed by atoms with van der Waals surface area (Å²) in [5, 5.41) is 0. The van der Waals surface area contributed by atoms with Crippen molar-refractivity contribution in [2.24, 2.45) is 11.8 Å². The Morgan fingerprint density at radius 1 is 1.16 bits per heavy atom. The van der Waals surface area contributed by atoms with Crippen molar-refractivity contribution in [3.8, 4) is 11.5 Å². The minimum atomic E-state index is -0.705. The number of carbonyl (C=O) groups is 2. The van der Waals surface area contributed by atoms with Crippen LogP contribution in [-0.2, 0) is 22.6 Å². The van der Waals surface area contributed by atoms with Crippen LogP contribution in [0.5, 0.6) is 11.5 Å². The van der Waals surface area contributed by atoms with Crippen LogP contribution in [0, 0.1) is 11.8 Å². The van der Waals surface area contributed by atoms with Gasteiger partial charge in [0.2, 0.25) is 11.8 Å². The molecule has 0 bridgehead atoms. The second-order valence-corrected chi connectivity index (χ2v) is 10.0. The van der Waals surface area contributed by atoms with Crippen molar-refractivity contribution < 1.29 is 19.1 Å². The molecule has 11 heteroatoms. The number of unbranched alkanes of at least 4 members (excludes halogenated alkanes) is 1. The zero-order chi connectivity index (χ0) is 28.0. The Balaban J connectivity index is 1.81. The summed E-state index contributed by atoms with van der Waals surface area (Å²) in [6, 6.07) is 5.60. The molecule has 11 nitrogen and oxygen atoms in total. The lowest BCUT2D eigenvalue weighted by Crippen LogP contribution is -2.45. The standard InChI is InChI=1S/C27H39N5O6/c1-6-7-11-31-24(28)23(25(34)29-27(31)36)32(15-17(2)3)26(35)19-14-22(33)30(16-19)12-10-18-8-9-20(37-4)21(13-18)38-5/h8-9,13,17,19H,6-7,10-12,14-16,28H2,1-5H3,(H,29,34,36)/t19-/m0/s1. The summed E-state index contributed by atoms with van der Waals surface area (Å²) in [7, 11) is 3.14. The number of aromatic nitrogens is 2. The van der Waals surface area contributed by atoms with Gasteiger partial charge >= 0.3 is 5.69 Å². The number of rotatable bonds is 12. The summed E-state index contributed by atoms with van der Waals surface area (Å²) in [6.45, 7) is 7.07. The number of likely N-dealkylation sites (tertiary alicyclic amines) is 1. The van der Waals surface area contributed by atoms with E-state index in [0.717, 1.165) is 12.0 Å². The third-order valence-electron chi connectivity index (χ3n) is 6.72. The summed E-state index contributed by atoms with van der Waals surface area (Å²) < 4.78 is 11.9. The highest BCUT2D eigenvalue weighted by Crippen LogP contribution is 2.29. The maximum Gasteiger partial charge on any atom is 0.330 e. The third-order valence-corrected chi connectivity index (χ3v) is 6.72. The molecule has 1 aromatic heterocycles. The van der Waals surface area contributed by atoms with E-state index in [0.29, 0.717) is 37.4 Å². The lowest BCUT2D eigenvalue weighted by molar-refractivity contribution is -0.128. The number of anilines is 2. The van der Waals surface area contributed by atoms with Crippen LogP contribution >= 0.6 is 0 Å². The van der Waals surface area contributed by atoms with Crippen molar-refractivity contribution in [2.75, 3.05) is 44.5 Å². The van der Waals surface area contributed by atoms with Crippen LogP contribution in [0.15, 0.2) is 27.8 Å². The van der Waals surface area contributed by atoms with Gasteiger partial charge in [-0.05, 0) is 36.5 Å². The van der Waals surface area contributed by atoms with Gasteiger partial charge in [0.25, 0.3) is 5.56 Å². The van der Waals surface area contributed by atoms with Crippen LogP contribution < -0.4 is 31.4 Å². The molecule has 1 atom stereocenters. The first-order valence-electron chi connectivity index (χ1n) is 13.0. The van der Waals surface area contributed by atoms with Crippen molar-refractivity contribution in [1.82, 2.24) is 14.5 Å². The van der Waals surface area contributed by atoms with Gasteiger partial charge in [-0.15, -0.1) is 0 Å². The molecule has 2 heterocycles. The zero-order valence-electron chi connectivity index (χ0n) is 22.9. The number of carbonyl (C=O) groups excluding carboxylic acids is 2. The van der Waals surface area contributed by atoms with E-state index in [4.69, 9.17) is 15.2 Å². The van der Waals surface area contributed by atoms with Gasteiger partial charge in [0.1, 0.15) is 5.82 Å². The van der Waals surface area contributed by atoms with E-state index in [9.17, 15) is 19.2 Å². The van der Waals surface area contributed by atoms with Gasteiger partial charge in [-0.3, -0.25) is 23.9 Å². The summed E-state index contributed by atoms with van der Waals surface area (Å²) in [6.07, 6.45) is 2.16. The van der Waals surface area contributed by atoms with Gasteiger partial charge in [0.05, 0.1) is 20.1 Å². The number of ether oxygens (including phenoxy) is 2. The van der Waals surface area contributed by atoms with Crippen LogP contribution in [-0.4, -0.2) is 60.1 Å². The Labute approximate surface area is 222 Å². The molecule has 2 aromatic rings. The number of nitrogens with two attached hydrogens (primary N) is 1. The Bertz CT molecular complexity index is 1270. The molecule has 1 saturated heterocycles. The minimum absolute atomic E-state index is 0.0204. The van der Waals surface area contributed by atoms with Crippen molar-refractivity contribution in [2.45, 2.75) is 53.0 Å². The first kappa shape index (κ1) is 28.8. The summed E-state index contributed by atoms with van der Waals surface area (Å²) >= 11 is 0.